The Morgan fingerprint density at radius 3 is 2.32 bits per heavy atom. The van der Waals surface area contributed by atoms with Crippen molar-refractivity contribution < 1.29 is 44.0 Å². The molecule has 0 aliphatic heterocycles. The van der Waals surface area contributed by atoms with Crippen LogP contribution < -0.4 is 24.8 Å². The van der Waals surface area contributed by atoms with E-state index in [-0.39, 0.29) is 51.9 Å². The van der Waals surface area contributed by atoms with E-state index in [2.05, 4.69) is 70.2 Å². The Labute approximate surface area is 214 Å². The molecule has 4 heteroatoms. The molecule has 0 spiro atoms. The van der Waals surface area contributed by atoms with Gasteiger partial charge in [0.1, 0.15) is 0 Å². The predicted octanol–water partition coefficient (Wildman–Crippen LogP) is 2.91. The standard InChI is InChI=1S/C17H24P.C10H15.2ClH.Ti/c1-3-5-11-18(12-6-4-2)17-13-15-9-7-8-10-16(15)14-17;1-3-6-9(2)10-7-4-5-8-10;;;/h7-10,13-14H,3-6,11-12H2,1-2H3;4,7,9H,3,5-6H2,1-2H3;2*1H;/q;;;;+2/p-2. The number of hydrogen-bond donors (Lipinski definition) is 0. The third kappa shape index (κ3) is 7.59. The van der Waals surface area contributed by atoms with Crippen LogP contribution in [0.2, 0.25) is 0 Å². The molecule has 1 aromatic carbocycles. The van der Waals surface area contributed by atoms with E-state index in [9.17, 15) is 0 Å². The first-order valence-electron chi connectivity index (χ1n) is 11.9. The molecule has 0 heterocycles. The van der Waals surface area contributed by atoms with Crippen LogP contribution in [0.15, 0.2) is 51.2 Å². The molecule has 0 radical (unpaired) electrons. The monoisotopic (exact) mass is 512 g/mol. The Morgan fingerprint density at radius 2 is 1.68 bits per heavy atom. The van der Waals surface area contributed by atoms with Gasteiger partial charge in [-0.05, 0) is 0 Å². The molecule has 0 amide bonds. The Kier molecular flexibility index (Phi) is 14.3. The summed E-state index contributed by atoms with van der Waals surface area (Å²) < 4.78 is 2.60. The summed E-state index contributed by atoms with van der Waals surface area (Å²) in [6, 6.07) is 9.33. The van der Waals surface area contributed by atoms with Gasteiger partial charge in [-0.15, -0.1) is 0 Å². The van der Waals surface area contributed by atoms with Crippen LogP contribution in [-0.2, 0) is 19.2 Å². The quantitative estimate of drug-likeness (QED) is 0.298. The van der Waals surface area contributed by atoms with Crippen LogP contribution in [-0.4, -0.2) is 12.3 Å². The zero-order chi connectivity index (χ0) is 20.6. The van der Waals surface area contributed by atoms with Gasteiger partial charge in [0.25, 0.3) is 0 Å². The van der Waals surface area contributed by atoms with E-state index in [0.29, 0.717) is 0 Å². The Hall–Kier alpha value is 0.164. The third-order valence-electron chi connectivity index (χ3n) is 6.37. The Morgan fingerprint density at radius 1 is 1.00 bits per heavy atom. The second kappa shape index (κ2) is 15.1. The van der Waals surface area contributed by atoms with Crippen molar-refractivity contribution in [2.45, 2.75) is 76.9 Å². The van der Waals surface area contributed by atoms with Crippen molar-refractivity contribution in [2.24, 2.45) is 5.92 Å². The van der Waals surface area contributed by atoms with Crippen molar-refractivity contribution in [1.82, 2.24) is 0 Å². The average Bonchev–Trinajstić information content (AvgIpc) is 3.34. The molecule has 2 aliphatic rings. The summed E-state index contributed by atoms with van der Waals surface area (Å²) in [6.07, 6.45) is 19.8. The number of halogens is 2. The number of hydrogen-bond acceptors (Lipinski definition) is 0. The normalized spacial score (nSPS) is 17.7. The second-order valence-corrected chi connectivity index (χ2v) is 13.5. The SMILES string of the molecule is CCCCP(CCCC)C1=Cc2ccccc2[CH]1[Ti+2][C]1=C(C(C)CCC)C=CC1.[Cl-].[Cl-]. The number of benzene rings is 1. The fourth-order valence-electron chi connectivity index (χ4n) is 4.69. The van der Waals surface area contributed by atoms with E-state index in [1.165, 1.54) is 62.8 Å². The van der Waals surface area contributed by atoms with Gasteiger partial charge in [0.2, 0.25) is 0 Å². The summed E-state index contributed by atoms with van der Waals surface area (Å²) in [5, 5.41) is 1.87. The molecule has 3 rings (SSSR count). The van der Waals surface area contributed by atoms with Gasteiger partial charge in [-0.2, -0.15) is 0 Å². The van der Waals surface area contributed by atoms with E-state index in [1.54, 1.807) is 11.1 Å². The summed E-state index contributed by atoms with van der Waals surface area (Å²) in [5.74, 6) is 0.739. The van der Waals surface area contributed by atoms with E-state index in [1.807, 2.05) is 9.19 Å². The molecule has 2 unspecified atom stereocenters. The minimum absolute atomic E-state index is 0. The molecular weight excluding hydrogens is 474 g/mol. The van der Waals surface area contributed by atoms with Crippen molar-refractivity contribution >= 4 is 14.0 Å². The molecule has 0 N–H and O–H groups in total. The van der Waals surface area contributed by atoms with Crippen molar-refractivity contribution in [2.75, 3.05) is 12.3 Å². The molecule has 2 aliphatic carbocycles. The molecule has 0 saturated heterocycles. The molecule has 1 aromatic rings. The van der Waals surface area contributed by atoms with Gasteiger partial charge in [-0.1, -0.05) is 0 Å². The van der Waals surface area contributed by atoms with E-state index >= 15 is 0 Å². The summed E-state index contributed by atoms with van der Waals surface area (Å²) in [7, 11) is 0.0336. The van der Waals surface area contributed by atoms with Gasteiger partial charge in [-0.25, -0.2) is 0 Å². The van der Waals surface area contributed by atoms with Gasteiger partial charge in [0.05, 0.1) is 0 Å². The number of unbranched alkanes of at least 4 members (excludes halogenated alkanes) is 2. The fourth-order valence-corrected chi connectivity index (χ4v) is 11.5. The predicted molar refractivity (Wildman–Crippen MR) is 128 cm³/mol. The third-order valence-corrected chi connectivity index (χ3v) is 12.3. The zero-order valence-corrected chi connectivity index (χ0v) is 23.7. The Balaban J connectivity index is 0.00000240. The van der Waals surface area contributed by atoms with Crippen LogP contribution >= 0.6 is 7.92 Å². The maximum absolute atomic E-state index is 2.64. The molecule has 31 heavy (non-hydrogen) atoms. The van der Waals surface area contributed by atoms with Crippen molar-refractivity contribution in [3.05, 3.63) is 62.3 Å². The van der Waals surface area contributed by atoms with Crippen LogP contribution in [0.25, 0.3) is 6.08 Å². The van der Waals surface area contributed by atoms with Crippen LogP contribution in [0.4, 0.5) is 0 Å². The van der Waals surface area contributed by atoms with Gasteiger partial charge in [0.15, 0.2) is 0 Å². The maximum Gasteiger partial charge on any atom is -1.00 e. The molecule has 0 fully saturated rings. The van der Waals surface area contributed by atoms with Crippen molar-refractivity contribution in [3.8, 4) is 0 Å². The zero-order valence-electron chi connectivity index (χ0n) is 19.8. The smallest absolute Gasteiger partial charge is 1.00 e. The summed E-state index contributed by atoms with van der Waals surface area (Å²) >= 11 is -0.166. The second-order valence-electron chi connectivity index (χ2n) is 8.70. The minimum atomic E-state index is -0.166. The fraction of sp³-hybridized carbons (Fsp3) is 0.556. The first kappa shape index (κ1) is 29.2. The molecule has 170 valence electrons. The van der Waals surface area contributed by atoms with E-state index < -0.39 is 0 Å². The largest absolute Gasteiger partial charge is 1.00 e. The number of rotatable bonds is 12. The van der Waals surface area contributed by atoms with Gasteiger partial charge in [0, 0.05) is 0 Å². The summed E-state index contributed by atoms with van der Waals surface area (Å²) in [4.78, 5) is 0. The molecule has 0 aromatic heterocycles. The average molecular weight is 513 g/mol. The summed E-state index contributed by atoms with van der Waals surface area (Å²) in [5.41, 5.74) is 4.90. The van der Waals surface area contributed by atoms with Crippen molar-refractivity contribution in [3.63, 3.8) is 0 Å². The molecular formula is C27H39Cl2PTi. The summed E-state index contributed by atoms with van der Waals surface area (Å²) in [6.45, 7) is 9.49. The van der Waals surface area contributed by atoms with Crippen LogP contribution in [0, 0.1) is 5.92 Å². The minimum Gasteiger partial charge on any atom is -1.00 e. The number of fused-ring (bicyclic) bond motifs is 1. The van der Waals surface area contributed by atoms with Gasteiger partial charge in [-0.3, -0.25) is 0 Å². The first-order valence-corrected chi connectivity index (χ1v) is 15.3. The topological polar surface area (TPSA) is 0 Å². The van der Waals surface area contributed by atoms with Crippen LogP contribution in [0.3, 0.4) is 0 Å². The Bertz CT molecular complexity index is 760. The molecule has 0 bridgehead atoms. The molecule has 2 atom stereocenters. The molecule has 0 saturated carbocycles. The molecule has 0 nitrogen and oxygen atoms in total. The van der Waals surface area contributed by atoms with E-state index in [4.69, 9.17) is 0 Å². The van der Waals surface area contributed by atoms with Crippen LogP contribution in [0.1, 0.15) is 88.0 Å². The van der Waals surface area contributed by atoms with E-state index in [0.717, 1.165) is 10.1 Å². The first-order chi connectivity index (χ1) is 14.2. The van der Waals surface area contributed by atoms with Gasteiger partial charge < -0.3 is 24.8 Å². The van der Waals surface area contributed by atoms with Crippen LogP contribution in [0.5, 0.6) is 0 Å². The maximum atomic E-state index is 2.64. The number of allylic oxidation sites excluding steroid dienone is 5. The van der Waals surface area contributed by atoms with Crippen molar-refractivity contribution in [1.29, 1.82) is 0 Å². The van der Waals surface area contributed by atoms with Gasteiger partial charge >= 0.3 is 191 Å².